The van der Waals surface area contributed by atoms with Crippen LogP contribution in [0.5, 0.6) is 5.75 Å². The number of ether oxygens (including phenoxy) is 1. The van der Waals surface area contributed by atoms with Crippen molar-refractivity contribution in [1.82, 2.24) is 0 Å². The highest BCUT2D eigenvalue weighted by Gasteiger charge is 2.42. The number of carbonyl (C=O) groups is 1. The van der Waals surface area contributed by atoms with Gasteiger partial charge in [0.25, 0.3) is 5.01 Å². The van der Waals surface area contributed by atoms with E-state index >= 15 is 0 Å². The number of aliphatic carboxylic acids is 1. The molecule has 4 aromatic carbocycles. The minimum absolute atomic E-state index is 0.0667. The number of nitrogens with zero attached hydrogens (tertiary/aromatic N) is 2. The van der Waals surface area contributed by atoms with Gasteiger partial charge in [0.1, 0.15) is 10.4 Å². The molecule has 0 spiro atoms. The van der Waals surface area contributed by atoms with Crippen molar-refractivity contribution in [3.05, 3.63) is 95.0 Å². The smallest absolute Gasteiger partial charge is 0.370 e. The van der Waals surface area contributed by atoms with Crippen LogP contribution in [0.25, 0.3) is 33.1 Å². The normalized spacial score (nSPS) is 18.2. The Labute approximate surface area is 231 Å². The summed E-state index contributed by atoms with van der Waals surface area (Å²) in [6, 6.07) is 28.0. The van der Waals surface area contributed by atoms with Crippen molar-refractivity contribution in [3.8, 4) is 5.75 Å². The molecule has 0 saturated heterocycles. The average molecular weight is 534 g/mol. The quantitative estimate of drug-likeness (QED) is 0.231. The minimum atomic E-state index is -0.842. The second kappa shape index (κ2) is 9.54. The van der Waals surface area contributed by atoms with Crippen LogP contribution in [0, 0.1) is 0 Å². The molecule has 2 aliphatic rings. The summed E-state index contributed by atoms with van der Waals surface area (Å²) in [5.74, 6) is 0.560. The molecular weight excluding hydrogens is 504 g/mol. The summed E-state index contributed by atoms with van der Waals surface area (Å²) in [4.78, 5) is 14.3. The van der Waals surface area contributed by atoms with Gasteiger partial charge in [-0.2, -0.15) is 4.57 Å². The number of anilines is 2. The predicted molar refractivity (Wildman–Crippen MR) is 158 cm³/mol. The number of aromatic nitrogens is 1. The van der Waals surface area contributed by atoms with Crippen molar-refractivity contribution in [3.63, 3.8) is 0 Å². The van der Waals surface area contributed by atoms with Gasteiger partial charge in [-0.15, -0.1) is 0 Å². The zero-order valence-corrected chi connectivity index (χ0v) is 22.5. The highest BCUT2D eigenvalue weighted by atomic mass is 32.1. The lowest BCUT2D eigenvalue weighted by atomic mass is 9.96. The van der Waals surface area contributed by atoms with Gasteiger partial charge in [0.05, 0.1) is 7.11 Å². The average Bonchev–Trinajstić information content (AvgIpc) is 3.65. The molecule has 5 nitrogen and oxygen atoms in total. The molecule has 7 rings (SSSR count). The lowest BCUT2D eigenvalue weighted by Crippen LogP contribution is -2.39. The van der Waals surface area contributed by atoms with E-state index in [0.717, 1.165) is 37.3 Å². The summed E-state index contributed by atoms with van der Waals surface area (Å²) in [6.45, 7) is -0.0667. The number of thiazole rings is 1. The third-order valence-electron chi connectivity index (χ3n) is 8.21. The molecule has 2 heterocycles. The summed E-state index contributed by atoms with van der Waals surface area (Å²) in [5.41, 5.74) is 6.01. The first-order valence-electron chi connectivity index (χ1n) is 13.4. The molecule has 2 unspecified atom stereocenters. The Morgan fingerprint density at radius 2 is 1.90 bits per heavy atom. The van der Waals surface area contributed by atoms with E-state index < -0.39 is 5.97 Å². The van der Waals surface area contributed by atoms with Gasteiger partial charge in [-0.05, 0) is 77.9 Å². The molecule has 0 radical (unpaired) electrons. The number of hydrogen-bond donors (Lipinski definition) is 1. The Balaban J connectivity index is 1.27. The highest BCUT2D eigenvalue weighted by molar-refractivity contribution is 7.19. The van der Waals surface area contributed by atoms with E-state index in [-0.39, 0.29) is 6.54 Å². The zero-order chi connectivity index (χ0) is 26.5. The van der Waals surface area contributed by atoms with E-state index in [0.29, 0.717) is 12.0 Å². The van der Waals surface area contributed by atoms with Crippen molar-refractivity contribution in [1.29, 1.82) is 0 Å². The largest absolute Gasteiger partial charge is 0.497 e. The fourth-order valence-corrected chi connectivity index (χ4v) is 7.67. The first kappa shape index (κ1) is 23.9. The number of rotatable bonds is 6. The maximum absolute atomic E-state index is 11.8. The van der Waals surface area contributed by atoms with E-state index in [1.54, 1.807) is 18.4 Å². The third-order valence-corrected chi connectivity index (χ3v) is 9.41. The van der Waals surface area contributed by atoms with Crippen LogP contribution in [-0.2, 0) is 11.3 Å². The molecule has 0 bridgehead atoms. The van der Waals surface area contributed by atoms with Crippen LogP contribution in [0.15, 0.2) is 78.9 Å². The fraction of sp³-hybridized carbons (Fsp3) is 0.212. The number of methoxy groups -OCH3 is 1. The number of carboxylic acid groups (broad SMARTS) is 1. The van der Waals surface area contributed by atoms with Gasteiger partial charge in [0.2, 0.25) is 12.1 Å². The van der Waals surface area contributed by atoms with Crippen molar-refractivity contribution >= 4 is 61.8 Å². The Bertz CT molecular complexity index is 1760. The van der Waals surface area contributed by atoms with Crippen LogP contribution in [0.1, 0.15) is 41.3 Å². The van der Waals surface area contributed by atoms with Gasteiger partial charge < -0.3 is 14.7 Å². The lowest BCUT2D eigenvalue weighted by molar-refractivity contribution is -0.657. The SMILES string of the molecule is COc1ccc(N2c3ccc(/C=C/c4sc5c6ccccc6ccc5[n+]4CC(=O)O)cc3C3CCCC32)cc1. The Hall–Kier alpha value is -4.16. The topological polar surface area (TPSA) is 53.7 Å². The Morgan fingerprint density at radius 1 is 1.05 bits per heavy atom. The second-order valence-corrected chi connectivity index (χ2v) is 11.4. The summed E-state index contributed by atoms with van der Waals surface area (Å²) < 4.78 is 8.41. The van der Waals surface area contributed by atoms with Gasteiger partial charge >= 0.3 is 5.97 Å². The van der Waals surface area contributed by atoms with Crippen LogP contribution >= 0.6 is 11.3 Å². The molecule has 5 aromatic rings. The van der Waals surface area contributed by atoms with Crippen LogP contribution < -0.4 is 14.2 Å². The number of benzene rings is 4. The molecule has 1 aliphatic heterocycles. The van der Waals surface area contributed by atoms with Gasteiger partial charge in [0.15, 0.2) is 0 Å². The molecule has 2 atom stereocenters. The highest BCUT2D eigenvalue weighted by Crippen LogP contribution is 2.52. The van der Waals surface area contributed by atoms with Gasteiger partial charge in [0, 0.05) is 40.9 Å². The fourth-order valence-electron chi connectivity index (χ4n) is 6.48. The second-order valence-electron chi connectivity index (χ2n) is 10.4. The van der Waals surface area contributed by atoms with Gasteiger partial charge in [-0.25, -0.2) is 4.79 Å². The molecule has 1 saturated carbocycles. The lowest BCUT2D eigenvalue weighted by Gasteiger charge is -2.27. The zero-order valence-electron chi connectivity index (χ0n) is 21.7. The van der Waals surface area contributed by atoms with Gasteiger partial charge in [-0.3, -0.25) is 0 Å². The van der Waals surface area contributed by atoms with Crippen LogP contribution in [0.4, 0.5) is 11.4 Å². The van der Waals surface area contributed by atoms with E-state index in [1.807, 2.05) is 34.9 Å². The molecule has 194 valence electrons. The van der Waals surface area contributed by atoms with Crippen LogP contribution in [-0.4, -0.2) is 24.2 Å². The number of hydrogen-bond acceptors (Lipinski definition) is 4. The van der Waals surface area contributed by atoms with E-state index in [1.165, 1.54) is 36.2 Å². The minimum Gasteiger partial charge on any atom is -0.497 e. The summed E-state index contributed by atoms with van der Waals surface area (Å²) >= 11 is 1.65. The van der Waals surface area contributed by atoms with E-state index in [2.05, 4.69) is 65.6 Å². The van der Waals surface area contributed by atoms with Crippen LogP contribution in [0.3, 0.4) is 0 Å². The summed E-state index contributed by atoms with van der Waals surface area (Å²) in [5, 5.41) is 12.9. The Kier molecular flexibility index (Phi) is 5.85. The molecule has 1 fully saturated rings. The standard InChI is InChI=1S/C33H28N2O3S/c1-38-24-14-12-23(13-15-24)35-28-8-4-7-26(28)27-19-21(9-16-29(27)35)10-18-31-34(20-32(36)37)30-17-11-22-5-2-3-6-25(22)33(30)39-31/h2-3,5-6,9-19,26,28H,4,7-8,20H2,1H3/p+1. The third kappa shape index (κ3) is 4.07. The maximum atomic E-state index is 11.8. The Morgan fingerprint density at radius 3 is 2.72 bits per heavy atom. The maximum Gasteiger partial charge on any atom is 0.370 e. The first-order valence-corrected chi connectivity index (χ1v) is 14.2. The summed E-state index contributed by atoms with van der Waals surface area (Å²) in [6.07, 6.45) is 7.85. The molecule has 1 N–H and O–H groups in total. The molecular formula is C33H29N2O3S+. The predicted octanol–water partition coefficient (Wildman–Crippen LogP) is 7.39. The molecule has 1 aromatic heterocycles. The van der Waals surface area contributed by atoms with Crippen molar-refractivity contribution < 1.29 is 19.2 Å². The monoisotopic (exact) mass is 533 g/mol. The van der Waals surface area contributed by atoms with Crippen molar-refractivity contribution in [2.75, 3.05) is 12.0 Å². The van der Waals surface area contributed by atoms with Crippen LogP contribution in [0.2, 0.25) is 0 Å². The summed E-state index contributed by atoms with van der Waals surface area (Å²) in [7, 11) is 1.70. The van der Waals surface area contributed by atoms with Gasteiger partial charge in [-0.1, -0.05) is 48.1 Å². The molecule has 6 heteroatoms. The molecule has 39 heavy (non-hydrogen) atoms. The number of fused-ring (bicyclic) bond motifs is 6. The van der Waals surface area contributed by atoms with Crippen molar-refractivity contribution in [2.45, 2.75) is 37.8 Å². The van der Waals surface area contributed by atoms with Crippen molar-refractivity contribution in [2.24, 2.45) is 0 Å². The first-order chi connectivity index (χ1) is 19.1. The van der Waals surface area contributed by atoms with E-state index in [9.17, 15) is 9.90 Å². The van der Waals surface area contributed by atoms with E-state index in [4.69, 9.17) is 4.74 Å². The number of carboxylic acids is 1. The molecule has 0 amide bonds. The molecule has 1 aliphatic carbocycles.